The number of furan rings is 1. The molecule has 0 radical (unpaired) electrons. The summed E-state index contributed by atoms with van der Waals surface area (Å²) in [5, 5.41) is 5.66. The van der Waals surface area contributed by atoms with Crippen LogP contribution in [0.25, 0.3) is 27.4 Å². The van der Waals surface area contributed by atoms with Gasteiger partial charge in [-0.15, -0.1) is 5.10 Å². The minimum Gasteiger partial charge on any atom is -0.496 e. The number of carbonyl (C=O) groups excluding carboxylic acids is 1. The summed E-state index contributed by atoms with van der Waals surface area (Å²) in [4.78, 5) is 18.1. The fraction of sp³-hybridized carbons (Fsp3) is 0.138. The van der Waals surface area contributed by atoms with Gasteiger partial charge in [0.25, 0.3) is 5.19 Å². The third kappa shape index (κ3) is 5.25. The molecule has 3 heterocycles. The van der Waals surface area contributed by atoms with Crippen LogP contribution in [0.5, 0.6) is 16.7 Å². The molecule has 196 valence electrons. The van der Waals surface area contributed by atoms with Gasteiger partial charge in [-0.05, 0) is 40.7 Å². The fourth-order valence-electron chi connectivity index (χ4n) is 4.27. The summed E-state index contributed by atoms with van der Waals surface area (Å²) in [5.41, 5.74) is 3.82. The zero-order chi connectivity index (χ0) is 26.9. The molecule has 0 N–H and O–H groups in total. The van der Waals surface area contributed by atoms with Crippen LogP contribution >= 0.6 is 27.3 Å². The topological polar surface area (TPSA) is 88.1 Å². The number of rotatable bonds is 9. The summed E-state index contributed by atoms with van der Waals surface area (Å²) < 4.78 is 25.6. The van der Waals surface area contributed by atoms with Crippen molar-refractivity contribution < 1.29 is 23.4 Å². The Morgan fingerprint density at radius 3 is 2.67 bits per heavy atom. The van der Waals surface area contributed by atoms with Crippen molar-refractivity contribution in [3.05, 3.63) is 94.1 Å². The average Bonchev–Trinajstić information content (AvgIpc) is 3.65. The van der Waals surface area contributed by atoms with E-state index in [4.69, 9.17) is 18.6 Å². The highest BCUT2D eigenvalue weighted by molar-refractivity contribution is 9.10. The van der Waals surface area contributed by atoms with E-state index in [1.54, 1.807) is 24.9 Å². The molecule has 0 amide bonds. The van der Waals surface area contributed by atoms with Gasteiger partial charge in [0.15, 0.2) is 11.5 Å². The molecule has 0 aliphatic heterocycles. The maximum Gasteiger partial charge on any atom is 0.294 e. The summed E-state index contributed by atoms with van der Waals surface area (Å²) in [7, 11) is 3.18. The molecule has 6 rings (SSSR count). The predicted octanol–water partition coefficient (Wildman–Crippen LogP) is 6.99. The highest BCUT2D eigenvalue weighted by Crippen LogP contribution is 2.37. The van der Waals surface area contributed by atoms with Gasteiger partial charge in [-0.2, -0.15) is 0 Å². The van der Waals surface area contributed by atoms with Crippen molar-refractivity contribution in [2.45, 2.75) is 13.0 Å². The number of carbonyl (C=O) groups is 1. The quantitative estimate of drug-likeness (QED) is 0.165. The minimum absolute atomic E-state index is 0.0580. The van der Waals surface area contributed by atoms with E-state index in [9.17, 15) is 4.79 Å². The molecule has 0 saturated carbocycles. The standard InChI is InChI=1S/C29H22BrN3O5S/c1-35-21-12-25(22-14-27(38-26(22)13-21)23-15-33-28(31-23)39-29(32-33)36-2)37-16-18-6-3-5-17(9-18)10-24(34)19-7-4-8-20(30)11-19/h3-9,11-15H,10,16H2,1-2H3. The summed E-state index contributed by atoms with van der Waals surface area (Å²) in [5.74, 6) is 1.88. The fourth-order valence-corrected chi connectivity index (χ4v) is 5.37. The molecule has 0 saturated heterocycles. The zero-order valence-corrected chi connectivity index (χ0v) is 23.4. The lowest BCUT2D eigenvalue weighted by molar-refractivity contribution is 0.0993. The molecule has 0 unspecified atom stereocenters. The first kappa shape index (κ1) is 25.1. The lowest BCUT2D eigenvalue weighted by Crippen LogP contribution is -2.04. The van der Waals surface area contributed by atoms with Crippen LogP contribution in [0, 0.1) is 0 Å². The number of ether oxygens (including phenoxy) is 3. The van der Waals surface area contributed by atoms with Crippen LogP contribution in [-0.4, -0.2) is 34.6 Å². The number of imidazole rings is 1. The Hall–Kier alpha value is -4.15. The van der Waals surface area contributed by atoms with Crippen LogP contribution < -0.4 is 14.2 Å². The third-order valence-corrected chi connectivity index (χ3v) is 7.53. The van der Waals surface area contributed by atoms with Crippen molar-refractivity contribution in [1.82, 2.24) is 14.6 Å². The van der Waals surface area contributed by atoms with Gasteiger partial charge in [0.2, 0.25) is 4.96 Å². The van der Waals surface area contributed by atoms with Gasteiger partial charge in [0.05, 0.1) is 25.8 Å². The summed E-state index contributed by atoms with van der Waals surface area (Å²) >= 11 is 4.78. The van der Waals surface area contributed by atoms with E-state index < -0.39 is 0 Å². The van der Waals surface area contributed by atoms with Crippen molar-refractivity contribution >= 4 is 49.0 Å². The number of hydrogen-bond acceptors (Lipinski definition) is 8. The van der Waals surface area contributed by atoms with Gasteiger partial charge >= 0.3 is 0 Å². The Labute approximate surface area is 235 Å². The van der Waals surface area contributed by atoms with E-state index in [0.29, 0.717) is 57.3 Å². The number of hydrogen-bond donors (Lipinski definition) is 0. The normalized spacial score (nSPS) is 11.3. The third-order valence-electron chi connectivity index (χ3n) is 6.16. The van der Waals surface area contributed by atoms with Gasteiger partial charge < -0.3 is 18.6 Å². The van der Waals surface area contributed by atoms with Crippen LogP contribution in [-0.2, 0) is 13.0 Å². The molecule has 0 atom stereocenters. The second kappa shape index (κ2) is 10.5. The highest BCUT2D eigenvalue weighted by Gasteiger charge is 2.17. The molecule has 0 bridgehead atoms. The zero-order valence-electron chi connectivity index (χ0n) is 21.0. The number of aromatic nitrogens is 3. The van der Waals surface area contributed by atoms with Crippen molar-refractivity contribution in [3.8, 4) is 28.1 Å². The minimum atomic E-state index is 0.0580. The Bertz CT molecular complexity index is 1790. The lowest BCUT2D eigenvalue weighted by atomic mass is 10.0. The van der Waals surface area contributed by atoms with Crippen LogP contribution in [0.3, 0.4) is 0 Å². The predicted molar refractivity (Wildman–Crippen MR) is 152 cm³/mol. The first-order chi connectivity index (χ1) is 19.0. The molecule has 3 aromatic heterocycles. The van der Waals surface area contributed by atoms with Crippen molar-refractivity contribution in [2.75, 3.05) is 14.2 Å². The van der Waals surface area contributed by atoms with Crippen molar-refractivity contribution in [1.29, 1.82) is 0 Å². The van der Waals surface area contributed by atoms with Crippen LogP contribution in [0.4, 0.5) is 0 Å². The number of methoxy groups -OCH3 is 2. The number of ketones is 1. The maximum absolute atomic E-state index is 12.8. The van der Waals surface area contributed by atoms with E-state index in [2.05, 4.69) is 26.0 Å². The average molecular weight is 604 g/mol. The molecule has 6 aromatic rings. The lowest BCUT2D eigenvalue weighted by Gasteiger charge is -2.10. The first-order valence-corrected chi connectivity index (χ1v) is 13.6. The molecular weight excluding hydrogens is 582 g/mol. The van der Waals surface area contributed by atoms with E-state index >= 15 is 0 Å². The summed E-state index contributed by atoms with van der Waals surface area (Å²) in [6.45, 7) is 0.311. The Morgan fingerprint density at radius 2 is 1.87 bits per heavy atom. The second-order valence-corrected chi connectivity index (χ2v) is 10.6. The van der Waals surface area contributed by atoms with Gasteiger partial charge in [0.1, 0.15) is 29.4 Å². The summed E-state index contributed by atoms with van der Waals surface area (Å²) in [6, 6.07) is 20.8. The Kier molecular flexibility index (Phi) is 6.80. The number of benzene rings is 3. The second-order valence-electron chi connectivity index (χ2n) is 8.79. The molecule has 3 aromatic carbocycles. The van der Waals surface area contributed by atoms with Crippen molar-refractivity contribution in [3.63, 3.8) is 0 Å². The molecule has 39 heavy (non-hydrogen) atoms. The van der Waals surface area contributed by atoms with Gasteiger partial charge in [-0.1, -0.05) is 52.3 Å². The van der Waals surface area contributed by atoms with Crippen molar-refractivity contribution in [2.24, 2.45) is 0 Å². The monoisotopic (exact) mass is 603 g/mol. The van der Waals surface area contributed by atoms with Gasteiger partial charge in [0, 0.05) is 28.6 Å². The van der Waals surface area contributed by atoms with Crippen LogP contribution in [0.15, 0.2) is 81.8 Å². The molecule has 0 aliphatic carbocycles. The Balaban J connectivity index is 1.23. The number of fused-ring (bicyclic) bond motifs is 2. The molecule has 10 heteroatoms. The van der Waals surface area contributed by atoms with Gasteiger partial charge in [-0.3, -0.25) is 4.79 Å². The van der Waals surface area contributed by atoms with E-state index in [0.717, 1.165) is 21.0 Å². The molecular formula is C29H22BrN3O5S. The Morgan fingerprint density at radius 1 is 1.03 bits per heavy atom. The SMILES string of the molecule is COc1cc(OCc2cccc(CC(=O)c3cccc(Br)c3)c2)c2cc(-c3cn4nc(OC)sc4n3)oc2c1. The number of Topliss-reactive ketones (excluding diaryl/α,β-unsaturated/α-hetero) is 1. The number of nitrogens with zero attached hydrogens (tertiary/aromatic N) is 3. The largest absolute Gasteiger partial charge is 0.496 e. The number of halogens is 1. The van der Waals surface area contributed by atoms with Gasteiger partial charge in [-0.25, -0.2) is 9.50 Å². The molecule has 8 nitrogen and oxygen atoms in total. The van der Waals surface area contributed by atoms with Crippen LogP contribution in [0.1, 0.15) is 21.5 Å². The maximum atomic E-state index is 12.8. The smallest absolute Gasteiger partial charge is 0.294 e. The van der Waals surface area contributed by atoms with E-state index in [1.807, 2.05) is 66.7 Å². The van der Waals surface area contributed by atoms with E-state index in [-0.39, 0.29) is 5.78 Å². The summed E-state index contributed by atoms with van der Waals surface area (Å²) in [6.07, 6.45) is 2.10. The highest BCUT2D eigenvalue weighted by atomic mass is 79.9. The molecule has 0 fully saturated rings. The van der Waals surface area contributed by atoms with E-state index in [1.165, 1.54) is 11.3 Å². The van der Waals surface area contributed by atoms with Crippen LogP contribution in [0.2, 0.25) is 0 Å². The molecule has 0 spiro atoms. The molecule has 0 aliphatic rings. The first-order valence-electron chi connectivity index (χ1n) is 12.0.